The maximum atomic E-state index is 5.66. The van der Waals surface area contributed by atoms with Crippen molar-refractivity contribution in [2.75, 3.05) is 0 Å². The zero-order valence-electron chi connectivity index (χ0n) is 7.36. The summed E-state index contributed by atoms with van der Waals surface area (Å²) in [6.45, 7) is 4.16. The first-order valence-electron chi connectivity index (χ1n) is 3.54. The first-order valence-corrected chi connectivity index (χ1v) is 5.81. The molecule has 0 amide bonds. The van der Waals surface area contributed by atoms with Gasteiger partial charge in [-0.15, -0.1) is 24.8 Å². The lowest BCUT2D eigenvalue weighted by molar-refractivity contribution is 0.867. The van der Waals surface area contributed by atoms with E-state index in [1.807, 2.05) is 0 Å². The van der Waals surface area contributed by atoms with Crippen LogP contribution in [0, 0.1) is 0 Å². The van der Waals surface area contributed by atoms with Gasteiger partial charge in [-0.2, -0.15) is 0 Å². The van der Waals surface area contributed by atoms with Crippen molar-refractivity contribution in [3.05, 3.63) is 0 Å². The van der Waals surface area contributed by atoms with Gasteiger partial charge in [0.1, 0.15) is 0 Å². The standard InChI is InChI=1S/C6H16N2S2.2ClH/c1-3-5(7)9-10-6(8)4-2;;/h5-6H,3-4,7-8H2,1-2H3;2*1H. The SMILES string of the molecule is CCC(N)SSC(N)CC.Cl.Cl. The van der Waals surface area contributed by atoms with Crippen molar-refractivity contribution in [1.82, 2.24) is 0 Å². The Morgan fingerprint density at radius 3 is 1.33 bits per heavy atom. The Kier molecular flexibility index (Phi) is 19.2. The Bertz CT molecular complexity index is 77.9. The minimum Gasteiger partial charge on any atom is -0.319 e. The van der Waals surface area contributed by atoms with Crippen LogP contribution in [-0.2, 0) is 0 Å². The van der Waals surface area contributed by atoms with Gasteiger partial charge in [-0.05, 0) is 12.8 Å². The summed E-state index contributed by atoms with van der Waals surface area (Å²) in [5, 5.41) is 0.477. The van der Waals surface area contributed by atoms with Crippen LogP contribution in [0.2, 0.25) is 0 Å². The minimum absolute atomic E-state index is 0. The fraction of sp³-hybridized carbons (Fsp3) is 1.00. The molecular formula is C6H18Cl2N2S2. The lowest BCUT2D eigenvalue weighted by Crippen LogP contribution is -2.16. The normalized spacial score (nSPS) is 14.0. The van der Waals surface area contributed by atoms with Gasteiger partial charge >= 0.3 is 0 Å². The van der Waals surface area contributed by atoms with Crippen molar-refractivity contribution in [2.45, 2.75) is 37.4 Å². The van der Waals surface area contributed by atoms with E-state index < -0.39 is 0 Å². The smallest absolute Gasteiger partial charge is 0.0609 e. The molecule has 0 rings (SSSR count). The molecule has 0 aliphatic heterocycles. The van der Waals surface area contributed by atoms with Crippen LogP contribution in [-0.4, -0.2) is 10.7 Å². The molecule has 2 unspecified atom stereocenters. The van der Waals surface area contributed by atoms with Crippen LogP contribution >= 0.6 is 46.4 Å². The molecule has 0 aliphatic rings. The van der Waals surface area contributed by atoms with Gasteiger partial charge in [0.2, 0.25) is 0 Å². The van der Waals surface area contributed by atoms with E-state index >= 15 is 0 Å². The van der Waals surface area contributed by atoms with E-state index in [4.69, 9.17) is 11.5 Å². The van der Waals surface area contributed by atoms with Crippen LogP contribution in [0.3, 0.4) is 0 Å². The summed E-state index contributed by atoms with van der Waals surface area (Å²) in [5.41, 5.74) is 11.3. The van der Waals surface area contributed by atoms with E-state index in [0.29, 0.717) is 0 Å². The largest absolute Gasteiger partial charge is 0.319 e. The molecule has 0 heterocycles. The summed E-state index contributed by atoms with van der Waals surface area (Å²) >= 11 is 0. The summed E-state index contributed by atoms with van der Waals surface area (Å²) in [6.07, 6.45) is 2.02. The second kappa shape index (κ2) is 12.2. The predicted molar refractivity (Wildman–Crippen MR) is 66.2 cm³/mol. The van der Waals surface area contributed by atoms with Crippen LogP contribution in [0.15, 0.2) is 0 Å². The topological polar surface area (TPSA) is 52.0 Å². The highest BCUT2D eigenvalue weighted by Crippen LogP contribution is 2.28. The number of halogens is 2. The molecule has 0 saturated carbocycles. The minimum atomic E-state index is 0. The van der Waals surface area contributed by atoms with Crippen molar-refractivity contribution in [3.63, 3.8) is 0 Å². The summed E-state index contributed by atoms with van der Waals surface area (Å²) in [7, 11) is 3.36. The maximum Gasteiger partial charge on any atom is 0.0609 e. The molecule has 0 aromatic carbocycles. The van der Waals surface area contributed by atoms with E-state index in [2.05, 4.69) is 13.8 Å². The van der Waals surface area contributed by atoms with Crippen molar-refractivity contribution in [3.8, 4) is 0 Å². The van der Waals surface area contributed by atoms with Crippen molar-refractivity contribution >= 4 is 46.4 Å². The van der Waals surface area contributed by atoms with E-state index in [9.17, 15) is 0 Å². The first kappa shape index (κ1) is 18.9. The maximum absolute atomic E-state index is 5.66. The van der Waals surface area contributed by atoms with Crippen LogP contribution in [0.1, 0.15) is 26.7 Å². The Labute approximate surface area is 95.2 Å². The molecule has 0 bridgehead atoms. The Morgan fingerprint density at radius 2 is 1.17 bits per heavy atom. The highest BCUT2D eigenvalue weighted by atomic mass is 35.5. The van der Waals surface area contributed by atoms with Gasteiger partial charge in [-0.25, -0.2) is 0 Å². The molecule has 2 nitrogen and oxygen atoms in total. The summed E-state index contributed by atoms with van der Waals surface area (Å²) in [5.74, 6) is 0. The van der Waals surface area contributed by atoms with Gasteiger partial charge in [0.05, 0.1) is 10.7 Å². The Morgan fingerprint density at radius 1 is 0.917 bits per heavy atom. The van der Waals surface area contributed by atoms with E-state index in [1.54, 1.807) is 21.6 Å². The number of rotatable bonds is 5. The zero-order valence-corrected chi connectivity index (χ0v) is 10.6. The van der Waals surface area contributed by atoms with Crippen LogP contribution in [0.4, 0.5) is 0 Å². The fourth-order valence-corrected chi connectivity index (χ4v) is 2.51. The van der Waals surface area contributed by atoms with Gasteiger partial charge in [0, 0.05) is 0 Å². The van der Waals surface area contributed by atoms with E-state index in [0.717, 1.165) is 12.8 Å². The van der Waals surface area contributed by atoms with Crippen LogP contribution in [0.5, 0.6) is 0 Å². The fourth-order valence-electron chi connectivity index (χ4n) is 0.279. The number of nitrogens with two attached hydrogens (primary N) is 2. The monoisotopic (exact) mass is 252 g/mol. The summed E-state index contributed by atoms with van der Waals surface area (Å²) in [6, 6.07) is 0. The molecule has 0 spiro atoms. The molecule has 0 aromatic rings. The Balaban J connectivity index is -0.000000405. The average Bonchev–Trinajstić information content (AvgIpc) is 1.99. The van der Waals surface area contributed by atoms with Crippen LogP contribution in [0.25, 0.3) is 0 Å². The quantitative estimate of drug-likeness (QED) is 0.584. The molecule has 0 radical (unpaired) electrons. The molecule has 78 valence electrons. The van der Waals surface area contributed by atoms with Gasteiger partial charge in [0.15, 0.2) is 0 Å². The molecule has 0 aromatic heterocycles. The third-order valence-electron chi connectivity index (χ3n) is 1.11. The molecule has 2 atom stereocenters. The summed E-state index contributed by atoms with van der Waals surface area (Å²) < 4.78 is 0. The molecule has 0 aliphatic carbocycles. The average molecular weight is 253 g/mol. The third-order valence-corrected chi connectivity index (χ3v) is 4.20. The molecule has 0 saturated heterocycles. The highest BCUT2D eigenvalue weighted by Gasteiger charge is 2.03. The number of hydrogen-bond donors (Lipinski definition) is 2. The molecule has 12 heavy (non-hydrogen) atoms. The zero-order chi connectivity index (χ0) is 7.98. The third kappa shape index (κ3) is 11.2. The lowest BCUT2D eigenvalue weighted by Gasteiger charge is -2.10. The van der Waals surface area contributed by atoms with Crippen molar-refractivity contribution in [2.24, 2.45) is 11.5 Å². The predicted octanol–water partition coefficient (Wildman–Crippen LogP) is 2.60. The summed E-state index contributed by atoms with van der Waals surface area (Å²) in [4.78, 5) is 0. The van der Waals surface area contributed by atoms with Crippen molar-refractivity contribution in [1.29, 1.82) is 0 Å². The lowest BCUT2D eigenvalue weighted by atomic mass is 10.5. The van der Waals surface area contributed by atoms with E-state index in [-0.39, 0.29) is 35.6 Å². The first-order chi connectivity index (χ1) is 4.70. The number of hydrogen-bond acceptors (Lipinski definition) is 4. The molecular weight excluding hydrogens is 235 g/mol. The van der Waals surface area contributed by atoms with Gasteiger partial charge in [-0.1, -0.05) is 35.4 Å². The molecule has 6 heteroatoms. The van der Waals surface area contributed by atoms with Gasteiger partial charge in [0.25, 0.3) is 0 Å². The Hall–Kier alpha value is 1.20. The van der Waals surface area contributed by atoms with Gasteiger partial charge in [-0.3, -0.25) is 0 Å². The second-order valence-electron chi connectivity index (χ2n) is 2.09. The molecule has 0 fully saturated rings. The van der Waals surface area contributed by atoms with E-state index in [1.165, 1.54) is 0 Å². The van der Waals surface area contributed by atoms with Crippen LogP contribution < -0.4 is 11.5 Å². The molecule has 4 N–H and O–H groups in total. The second-order valence-corrected chi connectivity index (χ2v) is 4.84. The van der Waals surface area contributed by atoms with Crippen molar-refractivity contribution < 1.29 is 0 Å². The van der Waals surface area contributed by atoms with Gasteiger partial charge < -0.3 is 11.5 Å². The highest BCUT2D eigenvalue weighted by molar-refractivity contribution is 8.77.